The summed E-state index contributed by atoms with van der Waals surface area (Å²) in [6, 6.07) is 14.2. The second-order valence-electron chi connectivity index (χ2n) is 4.81. The van der Waals surface area contributed by atoms with Gasteiger partial charge < -0.3 is 9.84 Å². The third kappa shape index (κ3) is 3.19. The van der Waals surface area contributed by atoms with Crippen molar-refractivity contribution in [2.75, 3.05) is 5.75 Å². The van der Waals surface area contributed by atoms with E-state index < -0.39 is 0 Å². The Kier molecular flexibility index (Phi) is 4.34. The maximum Gasteiger partial charge on any atom is 0.123 e. The van der Waals surface area contributed by atoms with Crippen molar-refractivity contribution in [3.8, 4) is 5.75 Å². The average molecular weight is 351 g/mol. The van der Waals surface area contributed by atoms with Crippen molar-refractivity contribution in [3.63, 3.8) is 0 Å². The molecule has 1 aliphatic heterocycles. The van der Waals surface area contributed by atoms with Gasteiger partial charge in [-0.3, -0.25) is 0 Å². The fourth-order valence-corrected chi connectivity index (χ4v) is 3.56. The zero-order valence-electron chi connectivity index (χ0n) is 10.9. The van der Waals surface area contributed by atoms with E-state index in [-0.39, 0.29) is 12.7 Å². The Morgan fingerprint density at radius 3 is 2.75 bits per heavy atom. The molecule has 0 aromatic heterocycles. The molecule has 4 heteroatoms. The lowest BCUT2D eigenvalue weighted by atomic mass is 10.1. The monoisotopic (exact) mass is 350 g/mol. The maximum atomic E-state index is 9.02. The SMILES string of the molecule is OCc1ccc(SCC2Cc3cc(Br)ccc3O2)cc1. The Bertz CT molecular complexity index is 598. The van der Waals surface area contributed by atoms with Crippen molar-refractivity contribution in [2.24, 2.45) is 0 Å². The number of aliphatic hydroxyl groups is 1. The van der Waals surface area contributed by atoms with E-state index in [1.54, 1.807) is 11.8 Å². The fraction of sp³-hybridized carbons (Fsp3) is 0.250. The molecule has 0 saturated heterocycles. The number of hydrogen-bond acceptors (Lipinski definition) is 3. The van der Waals surface area contributed by atoms with E-state index in [0.29, 0.717) is 0 Å². The first-order valence-corrected chi connectivity index (χ1v) is 8.30. The molecule has 2 aromatic rings. The summed E-state index contributed by atoms with van der Waals surface area (Å²) >= 11 is 5.29. The molecular formula is C16H15BrO2S. The van der Waals surface area contributed by atoms with Crippen LogP contribution >= 0.6 is 27.7 Å². The topological polar surface area (TPSA) is 29.5 Å². The van der Waals surface area contributed by atoms with E-state index in [9.17, 15) is 0 Å². The highest BCUT2D eigenvalue weighted by atomic mass is 79.9. The number of fused-ring (bicyclic) bond motifs is 1. The molecule has 0 aliphatic carbocycles. The second kappa shape index (κ2) is 6.20. The molecule has 1 N–H and O–H groups in total. The van der Waals surface area contributed by atoms with Crippen molar-refractivity contribution in [2.45, 2.75) is 24.0 Å². The van der Waals surface area contributed by atoms with Crippen molar-refractivity contribution in [1.29, 1.82) is 0 Å². The number of halogens is 1. The predicted molar refractivity (Wildman–Crippen MR) is 85.4 cm³/mol. The maximum absolute atomic E-state index is 9.02. The number of aliphatic hydroxyl groups excluding tert-OH is 1. The Labute approximate surface area is 131 Å². The molecule has 104 valence electrons. The van der Waals surface area contributed by atoms with Crippen molar-refractivity contribution in [3.05, 3.63) is 58.1 Å². The standard InChI is InChI=1S/C16H15BrO2S/c17-13-3-6-16-12(7-13)8-14(19-16)10-20-15-4-1-11(9-18)2-5-15/h1-7,14,18H,8-10H2. The molecule has 1 unspecified atom stereocenters. The van der Waals surface area contributed by atoms with Crippen molar-refractivity contribution in [1.82, 2.24) is 0 Å². The molecule has 0 saturated carbocycles. The van der Waals surface area contributed by atoms with Crippen LogP contribution in [-0.2, 0) is 13.0 Å². The van der Waals surface area contributed by atoms with Crippen LogP contribution in [0.3, 0.4) is 0 Å². The molecule has 20 heavy (non-hydrogen) atoms. The Hall–Kier alpha value is -0.970. The molecule has 0 amide bonds. The smallest absolute Gasteiger partial charge is 0.123 e. The zero-order chi connectivity index (χ0) is 13.9. The minimum atomic E-state index is 0.0981. The minimum Gasteiger partial charge on any atom is -0.489 e. The van der Waals surface area contributed by atoms with Crippen LogP contribution < -0.4 is 4.74 Å². The van der Waals surface area contributed by atoms with Gasteiger partial charge in [0.05, 0.1) is 6.61 Å². The summed E-state index contributed by atoms with van der Waals surface area (Å²) in [5.74, 6) is 1.94. The number of ether oxygens (including phenoxy) is 1. The number of rotatable bonds is 4. The van der Waals surface area contributed by atoms with Gasteiger partial charge in [0.1, 0.15) is 11.9 Å². The summed E-state index contributed by atoms with van der Waals surface area (Å²) in [5.41, 5.74) is 2.23. The number of hydrogen-bond donors (Lipinski definition) is 1. The third-order valence-electron chi connectivity index (χ3n) is 3.31. The highest BCUT2D eigenvalue weighted by molar-refractivity contribution is 9.10. The van der Waals surface area contributed by atoms with E-state index in [4.69, 9.17) is 9.84 Å². The average Bonchev–Trinajstić information content (AvgIpc) is 2.87. The van der Waals surface area contributed by atoms with E-state index >= 15 is 0 Å². The van der Waals surface area contributed by atoms with E-state index in [0.717, 1.165) is 28.0 Å². The van der Waals surface area contributed by atoms with Gasteiger partial charge in [-0.1, -0.05) is 28.1 Å². The highest BCUT2D eigenvalue weighted by Crippen LogP contribution is 2.33. The van der Waals surface area contributed by atoms with Crippen LogP contribution in [0.5, 0.6) is 5.75 Å². The van der Waals surface area contributed by atoms with E-state index in [1.807, 2.05) is 24.3 Å². The Balaban J connectivity index is 1.58. The van der Waals surface area contributed by atoms with Gasteiger partial charge in [-0.2, -0.15) is 0 Å². The number of thioether (sulfide) groups is 1. The molecule has 0 fully saturated rings. The Morgan fingerprint density at radius 1 is 1.20 bits per heavy atom. The molecule has 3 rings (SSSR count). The quantitative estimate of drug-likeness (QED) is 0.844. The molecule has 1 heterocycles. The van der Waals surface area contributed by atoms with Gasteiger partial charge in [0.2, 0.25) is 0 Å². The van der Waals surface area contributed by atoms with Gasteiger partial charge in [-0.25, -0.2) is 0 Å². The number of benzene rings is 2. The molecular weight excluding hydrogens is 336 g/mol. The summed E-state index contributed by atoms with van der Waals surface area (Å²) in [6.07, 6.45) is 1.21. The van der Waals surface area contributed by atoms with Gasteiger partial charge in [-0.05, 0) is 41.5 Å². The lowest BCUT2D eigenvalue weighted by molar-refractivity contribution is 0.259. The predicted octanol–water partition coefficient (Wildman–Crippen LogP) is 4.04. The molecule has 0 spiro atoms. The normalized spacial score (nSPS) is 16.8. The second-order valence-corrected chi connectivity index (χ2v) is 6.82. The largest absolute Gasteiger partial charge is 0.489 e. The summed E-state index contributed by atoms with van der Waals surface area (Å²) < 4.78 is 7.05. The van der Waals surface area contributed by atoms with Gasteiger partial charge in [0.25, 0.3) is 0 Å². The molecule has 0 bridgehead atoms. The molecule has 2 nitrogen and oxygen atoms in total. The lowest BCUT2D eigenvalue weighted by Gasteiger charge is -2.10. The lowest BCUT2D eigenvalue weighted by Crippen LogP contribution is -2.15. The van der Waals surface area contributed by atoms with Gasteiger partial charge in [0.15, 0.2) is 0 Å². The highest BCUT2D eigenvalue weighted by Gasteiger charge is 2.22. The van der Waals surface area contributed by atoms with Gasteiger partial charge in [-0.15, -0.1) is 11.8 Å². The van der Waals surface area contributed by atoms with E-state index in [1.165, 1.54) is 10.5 Å². The zero-order valence-corrected chi connectivity index (χ0v) is 13.3. The molecule has 2 aromatic carbocycles. The Morgan fingerprint density at radius 2 is 2.00 bits per heavy atom. The van der Waals surface area contributed by atoms with E-state index in [2.05, 4.69) is 34.1 Å². The summed E-state index contributed by atoms with van der Waals surface area (Å²) in [4.78, 5) is 1.21. The fourth-order valence-electron chi connectivity index (χ4n) is 2.26. The first kappa shape index (κ1) is 14.0. The van der Waals surface area contributed by atoms with Crippen molar-refractivity contribution < 1.29 is 9.84 Å². The van der Waals surface area contributed by atoms with Crippen LogP contribution in [-0.4, -0.2) is 17.0 Å². The summed E-state index contributed by atoms with van der Waals surface area (Å²) in [6.45, 7) is 0.0981. The first-order valence-electron chi connectivity index (χ1n) is 6.52. The van der Waals surface area contributed by atoms with Crippen LogP contribution in [0.25, 0.3) is 0 Å². The molecule has 0 radical (unpaired) electrons. The molecule has 1 aliphatic rings. The van der Waals surface area contributed by atoms with Crippen LogP contribution in [0.1, 0.15) is 11.1 Å². The summed E-state index contributed by atoms with van der Waals surface area (Å²) in [7, 11) is 0. The third-order valence-corrected chi connectivity index (χ3v) is 4.94. The van der Waals surface area contributed by atoms with Crippen LogP contribution in [0.4, 0.5) is 0 Å². The van der Waals surface area contributed by atoms with Crippen LogP contribution in [0.2, 0.25) is 0 Å². The van der Waals surface area contributed by atoms with Gasteiger partial charge in [0, 0.05) is 21.5 Å². The van der Waals surface area contributed by atoms with Crippen LogP contribution in [0.15, 0.2) is 51.8 Å². The minimum absolute atomic E-state index is 0.0981. The first-order chi connectivity index (χ1) is 9.74. The summed E-state index contributed by atoms with van der Waals surface area (Å²) in [5, 5.41) is 9.02. The van der Waals surface area contributed by atoms with Crippen LogP contribution in [0, 0.1) is 0 Å². The van der Waals surface area contributed by atoms with Crippen molar-refractivity contribution >= 4 is 27.7 Å². The van der Waals surface area contributed by atoms with Gasteiger partial charge >= 0.3 is 0 Å². The molecule has 1 atom stereocenters.